The molecular formula is C18H20N6O. The van der Waals surface area contributed by atoms with Crippen LogP contribution in [0.15, 0.2) is 49.2 Å². The number of rotatable bonds is 5. The fourth-order valence-electron chi connectivity index (χ4n) is 2.51. The summed E-state index contributed by atoms with van der Waals surface area (Å²) >= 11 is 0. The van der Waals surface area contributed by atoms with Crippen molar-refractivity contribution in [3.63, 3.8) is 0 Å². The number of aromatic nitrogens is 3. The molecule has 2 heterocycles. The van der Waals surface area contributed by atoms with Gasteiger partial charge in [-0.25, -0.2) is 4.98 Å². The Balaban J connectivity index is 1.97. The molecule has 4 N–H and O–H groups in total. The van der Waals surface area contributed by atoms with Gasteiger partial charge in [-0.1, -0.05) is 26.5 Å². The van der Waals surface area contributed by atoms with Crippen LogP contribution in [0.4, 0.5) is 23.0 Å². The van der Waals surface area contributed by atoms with Gasteiger partial charge in [-0.15, -0.1) is 0 Å². The number of amides is 1. The lowest BCUT2D eigenvalue weighted by Crippen LogP contribution is -2.08. The normalized spacial score (nSPS) is 10.8. The fourth-order valence-corrected chi connectivity index (χ4v) is 2.51. The molecule has 0 radical (unpaired) electrons. The first-order valence-corrected chi connectivity index (χ1v) is 7.92. The summed E-state index contributed by atoms with van der Waals surface area (Å²) in [6.45, 7) is 7.62. The van der Waals surface area contributed by atoms with E-state index in [0.717, 1.165) is 16.9 Å². The van der Waals surface area contributed by atoms with Gasteiger partial charge in [0.05, 0.1) is 6.20 Å². The van der Waals surface area contributed by atoms with Crippen molar-refractivity contribution in [3.8, 4) is 0 Å². The van der Waals surface area contributed by atoms with Gasteiger partial charge in [0, 0.05) is 23.0 Å². The molecule has 0 aliphatic heterocycles. The Morgan fingerprint density at radius 2 is 2.08 bits per heavy atom. The quantitative estimate of drug-likeness (QED) is 0.621. The number of hydrogen-bond donors (Lipinski definition) is 3. The standard InChI is InChI=1S/C18H20N6O/c1-4-17(25)22-13-7-5-6-12(8-13)21-16-9-15(19)23-18-14(11(2)3)10-20-24(16)18/h4-11,21H,1H2,2-3H3,(H2,19,23)(H,22,25). The number of benzene rings is 1. The summed E-state index contributed by atoms with van der Waals surface area (Å²) in [6, 6.07) is 9.06. The average molecular weight is 336 g/mol. The molecular weight excluding hydrogens is 316 g/mol. The summed E-state index contributed by atoms with van der Waals surface area (Å²) in [4.78, 5) is 15.8. The molecule has 2 aromatic heterocycles. The highest BCUT2D eigenvalue weighted by Gasteiger charge is 2.13. The molecule has 0 bridgehead atoms. The summed E-state index contributed by atoms with van der Waals surface area (Å²) < 4.78 is 1.72. The lowest BCUT2D eigenvalue weighted by Gasteiger charge is -2.11. The number of anilines is 4. The van der Waals surface area contributed by atoms with Gasteiger partial charge in [0.1, 0.15) is 11.6 Å². The highest BCUT2D eigenvalue weighted by atomic mass is 16.1. The number of carbonyl (C=O) groups excluding carboxylic acids is 1. The number of nitrogens with one attached hydrogen (secondary N) is 2. The van der Waals surface area contributed by atoms with Crippen LogP contribution in [0.3, 0.4) is 0 Å². The van der Waals surface area contributed by atoms with Crippen molar-refractivity contribution in [1.82, 2.24) is 14.6 Å². The van der Waals surface area contributed by atoms with Crippen molar-refractivity contribution in [2.45, 2.75) is 19.8 Å². The summed E-state index contributed by atoms with van der Waals surface area (Å²) in [6.07, 6.45) is 3.03. The van der Waals surface area contributed by atoms with E-state index in [1.807, 2.05) is 18.2 Å². The molecule has 1 aromatic carbocycles. The SMILES string of the molecule is C=CC(=O)Nc1cccc(Nc2cc(N)nc3c(C(C)C)cnn23)c1. The summed E-state index contributed by atoms with van der Waals surface area (Å²) in [7, 11) is 0. The maximum atomic E-state index is 11.4. The van der Waals surface area contributed by atoms with Crippen LogP contribution in [0.5, 0.6) is 0 Å². The van der Waals surface area contributed by atoms with Gasteiger partial charge < -0.3 is 16.4 Å². The van der Waals surface area contributed by atoms with Gasteiger partial charge >= 0.3 is 0 Å². The Bertz CT molecular complexity index is 944. The van der Waals surface area contributed by atoms with Crippen molar-refractivity contribution >= 4 is 34.6 Å². The van der Waals surface area contributed by atoms with E-state index in [0.29, 0.717) is 17.3 Å². The van der Waals surface area contributed by atoms with Gasteiger partial charge in [0.15, 0.2) is 5.65 Å². The van der Waals surface area contributed by atoms with E-state index in [1.54, 1.807) is 22.8 Å². The molecule has 0 saturated heterocycles. The van der Waals surface area contributed by atoms with Crippen LogP contribution in [-0.4, -0.2) is 20.5 Å². The summed E-state index contributed by atoms with van der Waals surface area (Å²) in [5, 5.41) is 10.4. The van der Waals surface area contributed by atoms with Gasteiger partial charge in [-0.05, 0) is 30.2 Å². The second kappa shape index (κ2) is 6.64. The lowest BCUT2D eigenvalue weighted by molar-refractivity contribution is -0.111. The molecule has 3 aromatic rings. The third-order valence-corrected chi connectivity index (χ3v) is 3.73. The van der Waals surface area contributed by atoms with E-state index in [4.69, 9.17) is 5.73 Å². The number of hydrogen-bond acceptors (Lipinski definition) is 5. The smallest absolute Gasteiger partial charge is 0.247 e. The minimum Gasteiger partial charge on any atom is -0.384 e. The fraction of sp³-hybridized carbons (Fsp3) is 0.167. The first-order valence-electron chi connectivity index (χ1n) is 7.92. The molecule has 0 fully saturated rings. The second-order valence-electron chi connectivity index (χ2n) is 5.96. The highest BCUT2D eigenvalue weighted by Crippen LogP contribution is 2.25. The maximum Gasteiger partial charge on any atom is 0.247 e. The molecule has 0 unspecified atom stereocenters. The molecule has 25 heavy (non-hydrogen) atoms. The number of nitrogens with zero attached hydrogens (tertiary/aromatic N) is 3. The molecule has 1 amide bonds. The zero-order valence-electron chi connectivity index (χ0n) is 14.2. The van der Waals surface area contributed by atoms with Crippen LogP contribution in [0.25, 0.3) is 5.65 Å². The third-order valence-electron chi connectivity index (χ3n) is 3.73. The van der Waals surface area contributed by atoms with Gasteiger partial charge in [0.25, 0.3) is 0 Å². The van der Waals surface area contributed by atoms with Crippen molar-refractivity contribution < 1.29 is 4.79 Å². The monoisotopic (exact) mass is 336 g/mol. The van der Waals surface area contributed by atoms with Gasteiger partial charge in [-0.2, -0.15) is 9.61 Å². The number of nitrogens with two attached hydrogens (primary N) is 1. The van der Waals surface area contributed by atoms with E-state index < -0.39 is 0 Å². The van der Waals surface area contributed by atoms with Crippen LogP contribution in [-0.2, 0) is 4.79 Å². The predicted molar refractivity (Wildman–Crippen MR) is 100 cm³/mol. The molecule has 0 atom stereocenters. The van der Waals surface area contributed by atoms with Crippen molar-refractivity contribution in [2.75, 3.05) is 16.4 Å². The Hall–Kier alpha value is -3.35. The molecule has 0 aliphatic rings. The molecule has 128 valence electrons. The van der Waals surface area contributed by atoms with Crippen LogP contribution in [0, 0.1) is 0 Å². The Labute approximate surface area is 145 Å². The van der Waals surface area contributed by atoms with E-state index in [2.05, 4.69) is 41.1 Å². The second-order valence-corrected chi connectivity index (χ2v) is 5.96. The van der Waals surface area contributed by atoms with E-state index in [9.17, 15) is 4.79 Å². The third kappa shape index (κ3) is 3.45. The molecule has 0 saturated carbocycles. The largest absolute Gasteiger partial charge is 0.384 e. The molecule has 0 spiro atoms. The maximum absolute atomic E-state index is 11.4. The van der Waals surface area contributed by atoms with Gasteiger partial charge in [-0.3, -0.25) is 4.79 Å². The van der Waals surface area contributed by atoms with Crippen molar-refractivity contribution in [2.24, 2.45) is 0 Å². The Morgan fingerprint density at radius 3 is 2.80 bits per heavy atom. The number of fused-ring (bicyclic) bond motifs is 1. The topological polar surface area (TPSA) is 97.3 Å². The molecule has 7 heteroatoms. The molecule has 7 nitrogen and oxygen atoms in total. The van der Waals surface area contributed by atoms with Crippen LogP contribution >= 0.6 is 0 Å². The summed E-state index contributed by atoms with van der Waals surface area (Å²) in [5.41, 5.74) is 9.17. The van der Waals surface area contributed by atoms with Crippen molar-refractivity contribution in [1.29, 1.82) is 0 Å². The summed E-state index contributed by atoms with van der Waals surface area (Å²) in [5.74, 6) is 1.13. The minimum atomic E-state index is -0.263. The Morgan fingerprint density at radius 1 is 1.32 bits per heavy atom. The highest BCUT2D eigenvalue weighted by molar-refractivity contribution is 5.99. The van der Waals surface area contributed by atoms with Crippen molar-refractivity contribution in [3.05, 3.63) is 54.7 Å². The minimum absolute atomic E-state index is 0.263. The lowest BCUT2D eigenvalue weighted by atomic mass is 10.1. The van der Waals surface area contributed by atoms with E-state index >= 15 is 0 Å². The Kier molecular flexibility index (Phi) is 4.38. The van der Waals surface area contributed by atoms with Crippen LogP contribution in [0.2, 0.25) is 0 Å². The zero-order chi connectivity index (χ0) is 18.0. The molecule has 3 rings (SSSR count). The van der Waals surface area contributed by atoms with Crippen LogP contribution < -0.4 is 16.4 Å². The average Bonchev–Trinajstić information content (AvgIpc) is 2.99. The first kappa shape index (κ1) is 16.5. The predicted octanol–water partition coefficient (Wildman–Crippen LogP) is 3.30. The molecule has 0 aliphatic carbocycles. The van der Waals surface area contributed by atoms with Gasteiger partial charge in [0.2, 0.25) is 5.91 Å². The van der Waals surface area contributed by atoms with E-state index in [-0.39, 0.29) is 11.8 Å². The first-order chi connectivity index (χ1) is 12.0. The van der Waals surface area contributed by atoms with Crippen LogP contribution in [0.1, 0.15) is 25.3 Å². The van der Waals surface area contributed by atoms with E-state index in [1.165, 1.54) is 6.08 Å². The number of nitrogen functional groups attached to an aromatic ring is 1. The zero-order valence-corrected chi connectivity index (χ0v) is 14.2. The number of carbonyl (C=O) groups is 1.